The predicted octanol–water partition coefficient (Wildman–Crippen LogP) is 1.89. The summed E-state index contributed by atoms with van der Waals surface area (Å²) in [5.74, 6) is 0.0679. The SMILES string of the molecule is Cc1cc(-c2ccc3c(c2)CC(=O)N3)n(C)n1. The van der Waals surface area contributed by atoms with Crippen molar-refractivity contribution in [1.82, 2.24) is 9.78 Å². The van der Waals surface area contributed by atoms with Gasteiger partial charge in [0.2, 0.25) is 5.91 Å². The van der Waals surface area contributed by atoms with E-state index in [0.717, 1.165) is 28.2 Å². The van der Waals surface area contributed by atoms with Crippen LogP contribution in [0.4, 0.5) is 5.69 Å². The van der Waals surface area contributed by atoms with E-state index < -0.39 is 0 Å². The van der Waals surface area contributed by atoms with Gasteiger partial charge < -0.3 is 5.32 Å². The highest BCUT2D eigenvalue weighted by Crippen LogP contribution is 2.29. The third-order valence-corrected chi connectivity index (χ3v) is 3.03. The van der Waals surface area contributed by atoms with Gasteiger partial charge in [-0.3, -0.25) is 9.48 Å². The molecule has 1 aliphatic rings. The average molecular weight is 227 g/mol. The summed E-state index contributed by atoms with van der Waals surface area (Å²) in [6.45, 7) is 1.97. The van der Waals surface area contributed by atoms with Crippen LogP contribution in [0.1, 0.15) is 11.3 Å². The average Bonchev–Trinajstić information content (AvgIpc) is 2.78. The molecule has 1 aromatic carbocycles. The van der Waals surface area contributed by atoms with Gasteiger partial charge in [-0.05, 0) is 30.7 Å². The van der Waals surface area contributed by atoms with Crippen LogP contribution in [0.2, 0.25) is 0 Å². The molecule has 0 unspecified atom stereocenters. The number of hydrogen-bond donors (Lipinski definition) is 1. The molecule has 1 aliphatic heterocycles. The largest absolute Gasteiger partial charge is 0.326 e. The molecule has 2 heterocycles. The van der Waals surface area contributed by atoms with E-state index in [1.165, 1.54) is 0 Å². The van der Waals surface area contributed by atoms with Crippen molar-refractivity contribution in [2.75, 3.05) is 5.32 Å². The minimum Gasteiger partial charge on any atom is -0.326 e. The first-order chi connectivity index (χ1) is 8.13. The minimum atomic E-state index is 0.0679. The van der Waals surface area contributed by atoms with Gasteiger partial charge in [0, 0.05) is 18.3 Å². The monoisotopic (exact) mass is 227 g/mol. The van der Waals surface area contributed by atoms with Crippen molar-refractivity contribution in [3.05, 3.63) is 35.5 Å². The standard InChI is InChI=1S/C13H13N3O/c1-8-5-12(16(2)15-8)9-3-4-11-10(6-9)7-13(17)14-11/h3-6H,7H2,1-2H3,(H,14,17). The van der Waals surface area contributed by atoms with Crippen LogP contribution < -0.4 is 5.32 Å². The van der Waals surface area contributed by atoms with E-state index in [1.54, 1.807) is 0 Å². The van der Waals surface area contributed by atoms with Crippen molar-refractivity contribution in [2.45, 2.75) is 13.3 Å². The normalized spacial score (nSPS) is 13.6. The van der Waals surface area contributed by atoms with E-state index >= 15 is 0 Å². The van der Waals surface area contributed by atoms with E-state index in [9.17, 15) is 4.79 Å². The highest BCUT2D eigenvalue weighted by atomic mass is 16.1. The van der Waals surface area contributed by atoms with Crippen LogP contribution in [0.3, 0.4) is 0 Å². The number of nitrogens with zero attached hydrogens (tertiary/aromatic N) is 2. The Balaban J connectivity index is 2.09. The Labute approximate surface area is 99.3 Å². The fraction of sp³-hybridized carbons (Fsp3) is 0.231. The van der Waals surface area contributed by atoms with Crippen LogP contribution in [0.25, 0.3) is 11.3 Å². The number of aryl methyl sites for hydroxylation is 2. The van der Waals surface area contributed by atoms with Crippen LogP contribution in [0.5, 0.6) is 0 Å². The highest BCUT2D eigenvalue weighted by molar-refractivity contribution is 5.99. The predicted molar refractivity (Wildman–Crippen MR) is 65.7 cm³/mol. The van der Waals surface area contributed by atoms with Crippen molar-refractivity contribution in [3.8, 4) is 11.3 Å². The molecule has 1 N–H and O–H groups in total. The lowest BCUT2D eigenvalue weighted by Gasteiger charge is -2.04. The lowest BCUT2D eigenvalue weighted by molar-refractivity contribution is -0.115. The van der Waals surface area contributed by atoms with Gasteiger partial charge >= 0.3 is 0 Å². The van der Waals surface area contributed by atoms with Crippen molar-refractivity contribution >= 4 is 11.6 Å². The maximum Gasteiger partial charge on any atom is 0.228 e. The Hall–Kier alpha value is -2.10. The van der Waals surface area contributed by atoms with Gasteiger partial charge in [0.15, 0.2) is 0 Å². The summed E-state index contributed by atoms with van der Waals surface area (Å²) in [5.41, 5.74) is 5.16. The third-order valence-electron chi connectivity index (χ3n) is 3.03. The van der Waals surface area contributed by atoms with Gasteiger partial charge in [0.25, 0.3) is 0 Å². The van der Waals surface area contributed by atoms with Gasteiger partial charge in [0.05, 0.1) is 17.8 Å². The molecule has 2 aromatic rings. The molecule has 86 valence electrons. The molecule has 0 saturated carbocycles. The molecule has 0 radical (unpaired) electrons. The fourth-order valence-corrected chi connectivity index (χ4v) is 2.27. The molecule has 1 aromatic heterocycles. The van der Waals surface area contributed by atoms with Gasteiger partial charge in [-0.15, -0.1) is 0 Å². The fourth-order valence-electron chi connectivity index (χ4n) is 2.27. The summed E-state index contributed by atoms with van der Waals surface area (Å²) in [6.07, 6.45) is 0.472. The molecule has 4 heteroatoms. The number of fused-ring (bicyclic) bond motifs is 1. The second kappa shape index (κ2) is 3.45. The van der Waals surface area contributed by atoms with E-state index in [-0.39, 0.29) is 5.91 Å². The molecule has 0 aliphatic carbocycles. The summed E-state index contributed by atoms with van der Waals surface area (Å²) in [7, 11) is 1.93. The molecule has 0 saturated heterocycles. The zero-order valence-corrected chi connectivity index (χ0v) is 9.82. The van der Waals surface area contributed by atoms with E-state index in [0.29, 0.717) is 6.42 Å². The lowest BCUT2D eigenvalue weighted by Crippen LogP contribution is -2.03. The molecule has 0 spiro atoms. The number of benzene rings is 1. The quantitative estimate of drug-likeness (QED) is 0.808. The Morgan fingerprint density at radius 2 is 2.18 bits per heavy atom. The zero-order chi connectivity index (χ0) is 12.0. The summed E-state index contributed by atoms with van der Waals surface area (Å²) in [4.78, 5) is 11.3. The topological polar surface area (TPSA) is 46.9 Å². The van der Waals surface area contributed by atoms with Gasteiger partial charge in [-0.2, -0.15) is 5.10 Å². The Kier molecular flexibility index (Phi) is 2.04. The van der Waals surface area contributed by atoms with Gasteiger partial charge in [0.1, 0.15) is 0 Å². The molecule has 4 nitrogen and oxygen atoms in total. The maximum absolute atomic E-state index is 11.3. The summed E-state index contributed by atoms with van der Waals surface area (Å²) in [5, 5.41) is 7.16. The molecular formula is C13H13N3O. The van der Waals surface area contributed by atoms with Crippen molar-refractivity contribution in [3.63, 3.8) is 0 Å². The summed E-state index contributed by atoms with van der Waals surface area (Å²) < 4.78 is 1.86. The number of aromatic nitrogens is 2. The van der Waals surface area contributed by atoms with Crippen molar-refractivity contribution in [1.29, 1.82) is 0 Å². The molecule has 0 atom stereocenters. The first-order valence-electron chi connectivity index (χ1n) is 5.57. The molecule has 3 rings (SSSR count). The Morgan fingerprint density at radius 3 is 2.88 bits per heavy atom. The third kappa shape index (κ3) is 1.62. The first-order valence-corrected chi connectivity index (χ1v) is 5.57. The van der Waals surface area contributed by atoms with Crippen LogP contribution in [0.15, 0.2) is 24.3 Å². The van der Waals surface area contributed by atoms with Crippen LogP contribution in [-0.2, 0) is 18.3 Å². The number of anilines is 1. The zero-order valence-electron chi connectivity index (χ0n) is 9.82. The van der Waals surface area contributed by atoms with Crippen LogP contribution >= 0.6 is 0 Å². The maximum atomic E-state index is 11.3. The number of hydrogen-bond acceptors (Lipinski definition) is 2. The number of carbonyl (C=O) groups excluding carboxylic acids is 1. The Bertz CT molecular complexity index is 613. The van der Waals surface area contributed by atoms with E-state index in [2.05, 4.69) is 16.5 Å². The molecule has 17 heavy (non-hydrogen) atoms. The van der Waals surface area contributed by atoms with Crippen molar-refractivity contribution in [2.24, 2.45) is 7.05 Å². The minimum absolute atomic E-state index is 0.0679. The number of nitrogens with one attached hydrogen (secondary N) is 1. The first kappa shape index (κ1) is 10.1. The van der Waals surface area contributed by atoms with E-state index in [4.69, 9.17) is 0 Å². The summed E-state index contributed by atoms with van der Waals surface area (Å²) in [6, 6.07) is 8.08. The molecule has 0 fully saturated rings. The molecule has 0 bridgehead atoms. The van der Waals surface area contributed by atoms with Crippen LogP contribution in [0, 0.1) is 6.92 Å². The lowest BCUT2D eigenvalue weighted by atomic mass is 10.1. The Morgan fingerprint density at radius 1 is 1.35 bits per heavy atom. The van der Waals surface area contributed by atoms with Crippen LogP contribution in [-0.4, -0.2) is 15.7 Å². The smallest absolute Gasteiger partial charge is 0.228 e. The number of amides is 1. The summed E-state index contributed by atoms with van der Waals surface area (Å²) >= 11 is 0. The highest BCUT2D eigenvalue weighted by Gasteiger charge is 2.18. The number of rotatable bonds is 1. The van der Waals surface area contributed by atoms with Crippen molar-refractivity contribution < 1.29 is 4.79 Å². The molecular weight excluding hydrogens is 214 g/mol. The van der Waals surface area contributed by atoms with Gasteiger partial charge in [-0.1, -0.05) is 6.07 Å². The number of carbonyl (C=O) groups is 1. The second-order valence-corrected chi connectivity index (χ2v) is 4.39. The van der Waals surface area contributed by atoms with E-state index in [1.807, 2.05) is 36.9 Å². The van der Waals surface area contributed by atoms with Gasteiger partial charge in [-0.25, -0.2) is 0 Å². The second-order valence-electron chi connectivity index (χ2n) is 4.39. The molecule has 1 amide bonds.